The molecule has 2 heterocycles. The summed E-state index contributed by atoms with van der Waals surface area (Å²) in [5.41, 5.74) is 0.512. The van der Waals surface area contributed by atoms with Crippen LogP contribution in [0.5, 0.6) is 11.8 Å². The lowest BCUT2D eigenvalue weighted by atomic mass is 10.2. The van der Waals surface area contributed by atoms with E-state index < -0.39 is 0 Å². The molecule has 0 spiro atoms. The molecule has 0 radical (unpaired) electrons. The van der Waals surface area contributed by atoms with Crippen LogP contribution in [-0.4, -0.2) is 38.8 Å². The highest BCUT2D eigenvalue weighted by molar-refractivity contribution is 5.90. The molecule has 0 saturated heterocycles. The molecule has 0 bridgehead atoms. The zero-order valence-electron chi connectivity index (χ0n) is 11.4. The fraction of sp³-hybridized carbons (Fsp3) is 0.143. The predicted octanol–water partition coefficient (Wildman–Crippen LogP) is 2.04. The van der Waals surface area contributed by atoms with Crippen LogP contribution in [0.3, 0.4) is 0 Å². The fourth-order valence-corrected chi connectivity index (χ4v) is 2.13. The topological polar surface area (TPSA) is 74.4 Å². The standard InChI is InChI=1S/C14H13FN4O2/c1-18(2)13-9-7-8(15)3-4-10(9)16-14(17-13)19-11(20)5-6-12(19)21/h3-7,20-21H,1-2H3. The maximum atomic E-state index is 13.4. The zero-order valence-corrected chi connectivity index (χ0v) is 11.4. The van der Waals surface area contributed by atoms with Crippen LogP contribution < -0.4 is 4.90 Å². The highest BCUT2D eigenvalue weighted by atomic mass is 19.1. The summed E-state index contributed by atoms with van der Waals surface area (Å²) in [6, 6.07) is 6.85. The molecule has 0 aliphatic rings. The van der Waals surface area contributed by atoms with Crippen molar-refractivity contribution < 1.29 is 14.6 Å². The third-order valence-electron chi connectivity index (χ3n) is 3.09. The van der Waals surface area contributed by atoms with E-state index in [2.05, 4.69) is 9.97 Å². The molecule has 21 heavy (non-hydrogen) atoms. The van der Waals surface area contributed by atoms with Crippen LogP contribution in [0.1, 0.15) is 0 Å². The second-order valence-corrected chi connectivity index (χ2v) is 4.79. The second kappa shape index (κ2) is 4.62. The van der Waals surface area contributed by atoms with Gasteiger partial charge in [0.25, 0.3) is 0 Å². The molecule has 0 fully saturated rings. The first-order valence-corrected chi connectivity index (χ1v) is 6.22. The monoisotopic (exact) mass is 288 g/mol. The van der Waals surface area contributed by atoms with E-state index in [1.54, 1.807) is 19.0 Å². The minimum absolute atomic E-state index is 0.109. The minimum Gasteiger partial charge on any atom is -0.494 e. The molecule has 3 aromatic rings. The highest BCUT2D eigenvalue weighted by Gasteiger charge is 2.15. The molecule has 0 saturated carbocycles. The molecule has 108 valence electrons. The number of anilines is 1. The Labute approximate surface area is 119 Å². The number of halogens is 1. The van der Waals surface area contributed by atoms with Gasteiger partial charge in [-0.15, -0.1) is 0 Å². The molecule has 1 aromatic carbocycles. The molecular formula is C14H13FN4O2. The van der Waals surface area contributed by atoms with E-state index >= 15 is 0 Å². The van der Waals surface area contributed by atoms with Crippen molar-refractivity contribution in [2.24, 2.45) is 0 Å². The Kier molecular flexibility index (Phi) is 2.90. The molecule has 2 aromatic heterocycles. The van der Waals surface area contributed by atoms with Crippen molar-refractivity contribution in [3.05, 3.63) is 36.1 Å². The summed E-state index contributed by atoms with van der Waals surface area (Å²) in [7, 11) is 3.54. The van der Waals surface area contributed by atoms with E-state index in [1.165, 1.54) is 30.3 Å². The first-order valence-electron chi connectivity index (χ1n) is 6.22. The number of nitrogens with zero attached hydrogens (tertiary/aromatic N) is 4. The number of aromatic nitrogens is 3. The first kappa shape index (κ1) is 13.2. The molecule has 7 heteroatoms. The van der Waals surface area contributed by atoms with Crippen LogP contribution in [0.2, 0.25) is 0 Å². The maximum Gasteiger partial charge on any atom is 0.242 e. The van der Waals surface area contributed by atoms with Crippen LogP contribution in [0.15, 0.2) is 30.3 Å². The Morgan fingerprint density at radius 1 is 1.05 bits per heavy atom. The number of benzene rings is 1. The van der Waals surface area contributed by atoms with E-state index in [0.717, 1.165) is 4.57 Å². The largest absolute Gasteiger partial charge is 0.494 e. The normalized spacial score (nSPS) is 11.0. The Balaban J connectivity index is 2.34. The van der Waals surface area contributed by atoms with E-state index in [-0.39, 0.29) is 23.5 Å². The number of fused-ring (bicyclic) bond motifs is 1. The van der Waals surface area contributed by atoms with Crippen molar-refractivity contribution in [2.45, 2.75) is 0 Å². The zero-order chi connectivity index (χ0) is 15.1. The molecule has 0 aliphatic carbocycles. The average molecular weight is 288 g/mol. The lowest BCUT2D eigenvalue weighted by Crippen LogP contribution is -2.14. The summed E-state index contributed by atoms with van der Waals surface area (Å²) in [4.78, 5) is 10.3. The van der Waals surface area contributed by atoms with Gasteiger partial charge < -0.3 is 15.1 Å². The molecule has 0 unspecified atom stereocenters. The Bertz CT molecular complexity index is 810. The molecule has 3 rings (SSSR count). The molecule has 6 nitrogen and oxygen atoms in total. The summed E-state index contributed by atoms with van der Waals surface area (Å²) in [5, 5.41) is 20.1. The molecule has 2 N–H and O–H groups in total. The summed E-state index contributed by atoms with van der Waals surface area (Å²) in [6.45, 7) is 0. The van der Waals surface area contributed by atoms with Crippen molar-refractivity contribution in [1.82, 2.24) is 14.5 Å². The third kappa shape index (κ3) is 2.12. The number of hydrogen-bond donors (Lipinski definition) is 2. The van der Waals surface area contributed by atoms with Crippen molar-refractivity contribution in [1.29, 1.82) is 0 Å². The predicted molar refractivity (Wildman–Crippen MR) is 76.5 cm³/mol. The molecule has 0 aliphatic heterocycles. The van der Waals surface area contributed by atoms with Gasteiger partial charge in [-0.3, -0.25) is 0 Å². The van der Waals surface area contributed by atoms with Gasteiger partial charge in [-0.05, 0) is 18.2 Å². The smallest absolute Gasteiger partial charge is 0.242 e. The van der Waals surface area contributed by atoms with Crippen LogP contribution in [0.4, 0.5) is 10.2 Å². The van der Waals surface area contributed by atoms with Gasteiger partial charge in [-0.1, -0.05) is 0 Å². The van der Waals surface area contributed by atoms with Crippen molar-refractivity contribution in [3.8, 4) is 17.7 Å². The van der Waals surface area contributed by atoms with E-state index in [4.69, 9.17) is 0 Å². The minimum atomic E-state index is -0.381. The summed E-state index contributed by atoms with van der Waals surface area (Å²) in [6.07, 6.45) is 0. The fourth-order valence-electron chi connectivity index (χ4n) is 2.13. The number of hydrogen-bond acceptors (Lipinski definition) is 5. The van der Waals surface area contributed by atoms with Gasteiger partial charge in [0.2, 0.25) is 17.7 Å². The second-order valence-electron chi connectivity index (χ2n) is 4.79. The van der Waals surface area contributed by atoms with Crippen molar-refractivity contribution >= 4 is 16.7 Å². The van der Waals surface area contributed by atoms with Gasteiger partial charge in [0.15, 0.2) is 0 Å². The van der Waals surface area contributed by atoms with Crippen LogP contribution in [-0.2, 0) is 0 Å². The average Bonchev–Trinajstić information content (AvgIpc) is 2.77. The van der Waals surface area contributed by atoms with Crippen LogP contribution in [0, 0.1) is 5.82 Å². The molecule has 0 atom stereocenters. The van der Waals surface area contributed by atoms with Gasteiger partial charge in [0, 0.05) is 31.6 Å². The summed E-state index contributed by atoms with van der Waals surface area (Å²) >= 11 is 0. The Morgan fingerprint density at radius 2 is 1.71 bits per heavy atom. The SMILES string of the molecule is CN(C)c1nc(-n2c(O)ccc2O)nc2ccc(F)cc12. The molecular weight excluding hydrogens is 275 g/mol. The first-order chi connectivity index (χ1) is 9.97. The van der Waals surface area contributed by atoms with Gasteiger partial charge in [0.1, 0.15) is 11.6 Å². The summed E-state index contributed by atoms with van der Waals surface area (Å²) < 4.78 is 14.5. The van der Waals surface area contributed by atoms with Gasteiger partial charge in [0.05, 0.1) is 5.52 Å². The summed E-state index contributed by atoms with van der Waals surface area (Å²) in [5.74, 6) is -0.147. The van der Waals surface area contributed by atoms with E-state index in [1.807, 2.05) is 0 Å². The van der Waals surface area contributed by atoms with Gasteiger partial charge in [-0.25, -0.2) is 13.9 Å². The van der Waals surface area contributed by atoms with Crippen molar-refractivity contribution in [2.75, 3.05) is 19.0 Å². The number of rotatable bonds is 2. The Hall–Kier alpha value is -2.83. The van der Waals surface area contributed by atoms with Crippen molar-refractivity contribution in [3.63, 3.8) is 0 Å². The van der Waals surface area contributed by atoms with Crippen LogP contribution >= 0.6 is 0 Å². The van der Waals surface area contributed by atoms with Gasteiger partial charge in [-0.2, -0.15) is 4.98 Å². The Morgan fingerprint density at radius 3 is 2.33 bits per heavy atom. The maximum absolute atomic E-state index is 13.4. The van der Waals surface area contributed by atoms with Gasteiger partial charge >= 0.3 is 0 Å². The molecule has 0 amide bonds. The third-order valence-corrected chi connectivity index (χ3v) is 3.09. The van der Waals surface area contributed by atoms with E-state index in [0.29, 0.717) is 16.7 Å². The van der Waals surface area contributed by atoms with E-state index in [9.17, 15) is 14.6 Å². The number of aromatic hydroxyl groups is 2. The highest BCUT2D eigenvalue weighted by Crippen LogP contribution is 2.29. The lowest BCUT2D eigenvalue weighted by molar-refractivity contribution is 0.399. The quantitative estimate of drug-likeness (QED) is 0.755. The lowest BCUT2D eigenvalue weighted by Gasteiger charge is -2.16. The van der Waals surface area contributed by atoms with Crippen LogP contribution in [0.25, 0.3) is 16.9 Å².